The lowest BCUT2D eigenvalue weighted by Crippen LogP contribution is -2.47. The maximum atomic E-state index is 13.2. The molecular formula is C11H13FN2O2. The first-order chi connectivity index (χ1) is 7.77. The summed E-state index contributed by atoms with van der Waals surface area (Å²) in [6.07, 6.45) is -0.494. The largest absolute Gasteiger partial charge is 0.415 e. The Bertz CT molecular complexity index is 378. The molecule has 1 aliphatic heterocycles. The van der Waals surface area contributed by atoms with Gasteiger partial charge in [-0.15, -0.1) is 0 Å². The van der Waals surface area contributed by atoms with Gasteiger partial charge in [0.25, 0.3) is 0 Å². The second kappa shape index (κ2) is 4.94. The van der Waals surface area contributed by atoms with Crippen molar-refractivity contribution >= 4 is 6.09 Å². The van der Waals surface area contributed by atoms with Gasteiger partial charge < -0.3 is 15.0 Å². The van der Waals surface area contributed by atoms with Gasteiger partial charge in [-0.3, -0.25) is 0 Å². The molecule has 86 valence electrons. The van der Waals surface area contributed by atoms with Crippen molar-refractivity contribution in [2.45, 2.75) is 0 Å². The lowest BCUT2D eigenvalue weighted by atomic mass is 10.3. The Morgan fingerprint density at radius 3 is 2.69 bits per heavy atom. The first-order valence-electron chi connectivity index (χ1n) is 5.19. The minimum absolute atomic E-state index is 0.0222. The number of hydrogen-bond acceptors (Lipinski definition) is 3. The number of rotatable bonds is 1. The number of carbonyl (C=O) groups excluding carboxylic acids is 1. The number of amides is 1. The van der Waals surface area contributed by atoms with Crippen LogP contribution in [0.1, 0.15) is 0 Å². The Hall–Kier alpha value is -1.62. The molecule has 1 saturated heterocycles. The molecule has 0 saturated carbocycles. The zero-order valence-corrected chi connectivity index (χ0v) is 8.78. The highest BCUT2D eigenvalue weighted by molar-refractivity contribution is 5.70. The minimum Gasteiger partial charge on any atom is -0.407 e. The van der Waals surface area contributed by atoms with E-state index in [0.717, 1.165) is 13.1 Å². The monoisotopic (exact) mass is 224 g/mol. The van der Waals surface area contributed by atoms with Crippen molar-refractivity contribution < 1.29 is 13.9 Å². The van der Waals surface area contributed by atoms with Gasteiger partial charge in [0.1, 0.15) is 0 Å². The van der Waals surface area contributed by atoms with Crippen LogP contribution in [-0.2, 0) is 0 Å². The SMILES string of the molecule is O=C(Oc1ccccc1F)N1CCNCC1. The molecule has 4 nitrogen and oxygen atoms in total. The summed E-state index contributed by atoms with van der Waals surface area (Å²) in [7, 11) is 0. The molecule has 0 aromatic heterocycles. The van der Waals surface area contributed by atoms with Crippen molar-refractivity contribution in [2.75, 3.05) is 26.2 Å². The summed E-state index contributed by atoms with van der Waals surface area (Å²) in [5, 5.41) is 3.12. The third-order valence-electron chi connectivity index (χ3n) is 2.41. The van der Waals surface area contributed by atoms with Crippen LogP contribution < -0.4 is 10.1 Å². The van der Waals surface area contributed by atoms with Gasteiger partial charge in [0.2, 0.25) is 0 Å². The van der Waals surface area contributed by atoms with Gasteiger partial charge in [0, 0.05) is 26.2 Å². The van der Waals surface area contributed by atoms with Crippen molar-refractivity contribution in [2.24, 2.45) is 0 Å². The number of halogens is 1. The fraction of sp³-hybridized carbons (Fsp3) is 0.364. The number of benzene rings is 1. The van der Waals surface area contributed by atoms with E-state index in [1.807, 2.05) is 0 Å². The topological polar surface area (TPSA) is 41.6 Å². The van der Waals surface area contributed by atoms with Crippen LogP contribution in [0.4, 0.5) is 9.18 Å². The van der Waals surface area contributed by atoms with Gasteiger partial charge in [0.15, 0.2) is 11.6 Å². The lowest BCUT2D eigenvalue weighted by molar-refractivity contribution is 0.144. The summed E-state index contributed by atoms with van der Waals surface area (Å²) < 4.78 is 18.2. The smallest absolute Gasteiger partial charge is 0.407 e. The highest BCUT2D eigenvalue weighted by atomic mass is 19.1. The van der Waals surface area contributed by atoms with Crippen LogP contribution in [0, 0.1) is 5.82 Å². The molecule has 0 atom stereocenters. The van der Waals surface area contributed by atoms with E-state index in [0.29, 0.717) is 13.1 Å². The first-order valence-corrected chi connectivity index (χ1v) is 5.19. The summed E-state index contributed by atoms with van der Waals surface area (Å²) in [6.45, 7) is 2.67. The Balaban J connectivity index is 1.99. The summed E-state index contributed by atoms with van der Waals surface area (Å²) >= 11 is 0. The van der Waals surface area contributed by atoms with E-state index in [4.69, 9.17) is 4.74 Å². The molecule has 1 aromatic rings. The Morgan fingerprint density at radius 1 is 1.31 bits per heavy atom. The van der Waals surface area contributed by atoms with E-state index in [2.05, 4.69) is 5.32 Å². The zero-order valence-electron chi connectivity index (χ0n) is 8.78. The fourth-order valence-corrected chi connectivity index (χ4v) is 1.53. The fourth-order valence-electron chi connectivity index (χ4n) is 1.53. The predicted octanol–water partition coefficient (Wildman–Crippen LogP) is 1.23. The third kappa shape index (κ3) is 2.49. The molecule has 1 aromatic carbocycles. The van der Waals surface area contributed by atoms with Crippen molar-refractivity contribution in [3.63, 3.8) is 0 Å². The molecular weight excluding hydrogens is 211 g/mol. The first kappa shape index (κ1) is 10.9. The minimum atomic E-state index is -0.522. The van der Waals surface area contributed by atoms with Crippen molar-refractivity contribution in [3.8, 4) is 5.75 Å². The number of carbonyl (C=O) groups is 1. The zero-order chi connectivity index (χ0) is 11.4. The van der Waals surface area contributed by atoms with Gasteiger partial charge in [-0.2, -0.15) is 0 Å². The molecule has 1 aliphatic rings. The Morgan fingerprint density at radius 2 is 2.00 bits per heavy atom. The van der Waals surface area contributed by atoms with Gasteiger partial charge in [-0.1, -0.05) is 12.1 Å². The van der Waals surface area contributed by atoms with Crippen LogP contribution in [0.15, 0.2) is 24.3 Å². The maximum Gasteiger partial charge on any atom is 0.415 e. The Kier molecular flexibility index (Phi) is 3.36. The molecule has 0 aliphatic carbocycles. The summed E-state index contributed by atoms with van der Waals surface area (Å²) in [5.74, 6) is -0.544. The molecule has 0 unspecified atom stereocenters. The number of nitrogens with zero attached hydrogens (tertiary/aromatic N) is 1. The third-order valence-corrected chi connectivity index (χ3v) is 2.41. The van der Waals surface area contributed by atoms with E-state index in [-0.39, 0.29) is 5.75 Å². The molecule has 2 rings (SSSR count). The number of para-hydroxylation sites is 1. The normalized spacial score (nSPS) is 15.9. The quantitative estimate of drug-likeness (QED) is 0.780. The van der Waals surface area contributed by atoms with E-state index < -0.39 is 11.9 Å². The second-order valence-electron chi connectivity index (χ2n) is 3.54. The van der Waals surface area contributed by atoms with Gasteiger partial charge in [-0.05, 0) is 12.1 Å². The van der Waals surface area contributed by atoms with Crippen LogP contribution in [0.2, 0.25) is 0 Å². The molecule has 16 heavy (non-hydrogen) atoms. The predicted molar refractivity (Wildman–Crippen MR) is 56.9 cm³/mol. The van der Waals surface area contributed by atoms with Crippen LogP contribution in [0.5, 0.6) is 5.75 Å². The average molecular weight is 224 g/mol. The van der Waals surface area contributed by atoms with E-state index in [1.54, 1.807) is 17.0 Å². The molecule has 1 fully saturated rings. The lowest BCUT2D eigenvalue weighted by Gasteiger charge is -2.26. The van der Waals surface area contributed by atoms with Crippen molar-refractivity contribution in [1.82, 2.24) is 10.2 Å². The number of piperazine rings is 1. The summed E-state index contributed by atoms with van der Waals surface area (Å²) in [4.78, 5) is 13.2. The number of hydrogen-bond donors (Lipinski definition) is 1. The number of ether oxygens (including phenoxy) is 1. The van der Waals surface area contributed by atoms with Gasteiger partial charge in [0.05, 0.1) is 0 Å². The molecule has 1 amide bonds. The maximum absolute atomic E-state index is 13.2. The highest BCUT2D eigenvalue weighted by Gasteiger charge is 2.18. The molecule has 0 radical (unpaired) electrons. The van der Waals surface area contributed by atoms with Gasteiger partial charge in [-0.25, -0.2) is 9.18 Å². The summed E-state index contributed by atoms with van der Waals surface area (Å²) in [5.41, 5.74) is 0. The second-order valence-corrected chi connectivity index (χ2v) is 3.54. The number of nitrogens with one attached hydrogen (secondary N) is 1. The van der Waals surface area contributed by atoms with Crippen LogP contribution in [0.3, 0.4) is 0 Å². The molecule has 1 heterocycles. The van der Waals surface area contributed by atoms with Crippen LogP contribution >= 0.6 is 0 Å². The molecule has 1 N–H and O–H groups in total. The highest BCUT2D eigenvalue weighted by Crippen LogP contribution is 2.16. The average Bonchev–Trinajstić information content (AvgIpc) is 2.33. The Labute approximate surface area is 93.0 Å². The van der Waals surface area contributed by atoms with Crippen molar-refractivity contribution in [3.05, 3.63) is 30.1 Å². The van der Waals surface area contributed by atoms with Crippen LogP contribution in [-0.4, -0.2) is 37.2 Å². The van der Waals surface area contributed by atoms with E-state index in [9.17, 15) is 9.18 Å². The molecule has 0 bridgehead atoms. The van der Waals surface area contributed by atoms with E-state index >= 15 is 0 Å². The molecule has 5 heteroatoms. The van der Waals surface area contributed by atoms with Crippen LogP contribution in [0.25, 0.3) is 0 Å². The molecule has 0 spiro atoms. The van der Waals surface area contributed by atoms with Crippen molar-refractivity contribution in [1.29, 1.82) is 0 Å². The van der Waals surface area contributed by atoms with E-state index in [1.165, 1.54) is 12.1 Å². The summed E-state index contributed by atoms with van der Waals surface area (Å²) in [6, 6.07) is 5.89. The van der Waals surface area contributed by atoms with Gasteiger partial charge >= 0.3 is 6.09 Å². The standard InChI is InChI=1S/C11H13FN2O2/c12-9-3-1-2-4-10(9)16-11(15)14-7-5-13-6-8-14/h1-4,13H,5-8H2.